The molecule has 0 radical (unpaired) electrons. The zero-order chi connectivity index (χ0) is 14.3. The number of hydrogen-bond donors (Lipinski definition) is 2. The molecule has 0 saturated carbocycles. The van der Waals surface area contributed by atoms with Crippen LogP contribution in [0.3, 0.4) is 0 Å². The van der Waals surface area contributed by atoms with Gasteiger partial charge in [0.1, 0.15) is 0 Å². The molecule has 1 aromatic heterocycles. The lowest BCUT2D eigenvalue weighted by atomic mass is 9.99. The molecule has 1 heterocycles. The van der Waals surface area contributed by atoms with E-state index in [1.54, 1.807) is 7.05 Å². The molecule has 3 aromatic rings. The topological polar surface area (TPSA) is 44.9 Å². The van der Waals surface area contributed by atoms with Crippen LogP contribution in [0.15, 0.2) is 36.4 Å². The van der Waals surface area contributed by atoms with Crippen LogP contribution in [0.1, 0.15) is 18.4 Å². The van der Waals surface area contributed by atoms with Crippen molar-refractivity contribution >= 4 is 39.3 Å². The molecular formula is C16H15ClN2O. The van der Waals surface area contributed by atoms with E-state index in [1.165, 1.54) is 0 Å². The molecule has 0 aliphatic heterocycles. The van der Waals surface area contributed by atoms with E-state index in [9.17, 15) is 4.79 Å². The molecule has 3 rings (SSSR count). The Morgan fingerprint density at radius 1 is 1.15 bits per heavy atom. The second kappa shape index (κ2) is 4.84. The highest BCUT2D eigenvalue weighted by Crippen LogP contribution is 2.30. The zero-order valence-corrected chi connectivity index (χ0v) is 12.1. The van der Waals surface area contributed by atoms with Crippen LogP contribution in [0, 0.1) is 0 Å². The molecule has 0 aliphatic rings. The number of amides is 1. The van der Waals surface area contributed by atoms with Gasteiger partial charge in [-0.3, -0.25) is 4.79 Å². The molecule has 4 heteroatoms. The average Bonchev–Trinajstić information content (AvgIpc) is 2.82. The Morgan fingerprint density at radius 2 is 1.95 bits per heavy atom. The third-order valence-corrected chi connectivity index (χ3v) is 3.96. The molecule has 2 N–H and O–H groups in total. The Labute approximate surface area is 121 Å². The van der Waals surface area contributed by atoms with Gasteiger partial charge in [-0.05, 0) is 36.8 Å². The third kappa shape index (κ3) is 2.04. The van der Waals surface area contributed by atoms with E-state index in [-0.39, 0.29) is 11.8 Å². The summed E-state index contributed by atoms with van der Waals surface area (Å²) >= 11 is 6.05. The van der Waals surface area contributed by atoms with Gasteiger partial charge < -0.3 is 10.3 Å². The maximum atomic E-state index is 11.7. The summed E-state index contributed by atoms with van der Waals surface area (Å²) in [5, 5.41) is 5.63. The molecule has 1 atom stereocenters. The van der Waals surface area contributed by atoms with Crippen molar-refractivity contribution in [2.24, 2.45) is 0 Å². The molecular weight excluding hydrogens is 272 g/mol. The fraction of sp³-hybridized carbons (Fsp3) is 0.188. The number of halogens is 1. The van der Waals surface area contributed by atoms with Crippen LogP contribution in [-0.2, 0) is 4.79 Å². The van der Waals surface area contributed by atoms with E-state index in [1.807, 2.05) is 43.3 Å². The SMILES string of the molecule is CNC(=O)[C@H](C)c1ccc2c(c1)[nH]c1ccc(Cl)cc12. The molecule has 1 amide bonds. The van der Waals surface area contributed by atoms with Gasteiger partial charge in [0.25, 0.3) is 0 Å². The molecule has 0 fully saturated rings. The first-order valence-electron chi connectivity index (χ1n) is 6.52. The van der Waals surface area contributed by atoms with Crippen molar-refractivity contribution in [2.45, 2.75) is 12.8 Å². The quantitative estimate of drug-likeness (QED) is 0.739. The van der Waals surface area contributed by atoms with Crippen molar-refractivity contribution in [1.82, 2.24) is 10.3 Å². The summed E-state index contributed by atoms with van der Waals surface area (Å²) in [6.07, 6.45) is 0. The maximum absolute atomic E-state index is 11.7. The van der Waals surface area contributed by atoms with E-state index in [0.717, 1.165) is 32.4 Å². The number of H-pyrrole nitrogens is 1. The van der Waals surface area contributed by atoms with Crippen molar-refractivity contribution in [1.29, 1.82) is 0 Å². The zero-order valence-electron chi connectivity index (χ0n) is 11.3. The molecule has 0 bridgehead atoms. The van der Waals surface area contributed by atoms with E-state index in [0.29, 0.717) is 0 Å². The largest absolute Gasteiger partial charge is 0.359 e. The predicted molar refractivity (Wildman–Crippen MR) is 83.3 cm³/mol. The molecule has 3 nitrogen and oxygen atoms in total. The molecule has 0 unspecified atom stereocenters. The van der Waals surface area contributed by atoms with Crippen LogP contribution in [-0.4, -0.2) is 17.9 Å². The van der Waals surface area contributed by atoms with Gasteiger partial charge in [0.15, 0.2) is 0 Å². The Balaban J connectivity index is 2.17. The predicted octanol–water partition coefficient (Wildman–Crippen LogP) is 3.82. The van der Waals surface area contributed by atoms with Crippen molar-refractivity contribution in [3.63, 3.8) is 0 Å². The first kappa shape index (κ1) is 13.0. The second-order valence-electron chi connectivity index (χ2n) is 4.96. The minimum absolute atomic E-state index is 0.0171. The first-order valence-corrected chi connectivity index (χ1v) is 6.90. The van der Waals surface area contributed by atoms with Crippen LogP contribution >= 0.6 is 11.6 Å². The highest BCUT2D eigenvalue weighted by Gasteiger charge is 2.15. The van der Waals surface area contributed by atoms with Crippen LogP contribution in [0.25, 0.3) is 21.8 Å². The van der Waals surface area contributed by atoms with E-state index in [2.05, 4.69) is 10.3 Å². The second-order valence-corrected chi connectivity index (χ2v) is 5.39. The lowest BCUT2D eigenvalue weighted by Crippen LogP contribution is -2.23. The number of carbonyl (C=O) groups excluding carboxylic acids is 1. The smallest absolute Gasteiger partial charge is 0.227 e. The molecule has 0 aliphatic carbocycles. The molecule has 102 valence electrons. The number of benzene rings is 2. The first-order chi connectivity index (χ1) is 9.60. The van der Waals surface area contributed by atoms with Crippen molar-refractivity contribution < 1.29 is 4.79 Å². The van der Waals surface area contributed by atoms with Crippen LogP contribution in [0.4, 0.5) is 0 Å². The van der Waals surface area contributed by atoms with Crippen molar-refractivity contribution in [3.8, 4) is 0 Å². The Kier molecular flexibility index (Phi) is 3.14. The Morgan fingerprint density at radius 3 is 2.70 bits per heavy atom. The number of nitrogens with one attached hydrogen (secondary N) is 2. The highest BCUT2D eigenvalue weighted by molar-refractivity contribution is 6.31. The molecule has 0 saturated heterocycles. The third-order valence-electron chi connectivity index (χ3n) is 3.72. The normalized spacial score (nSPS) is 12.8. The maximum Gasteiger partial charge on any atom is 0.227 e. The Hall–Kier alpha value is -2.00. The fourth-order valence-corrected chi connectivity index (χ4v) is 2.70. The fourth-order valence-electron chi connectivity index (χ4n) is 2.53. The molecule has 0 spiro atoms. The number of likely N-dealkylation sites (N-methyl/N-ethyl adjacent to an activating group) is 1. The molecule has 20 heavy (non-hydrogen) atoms. The summed E-state index contributed by atoms with van der Waals surface area (Å²) in [5.74, 6) is -0.150. The Bertz CT molecular complexity index is 807. The van der Waals surface area contributed by atoms with Gasteiger partial charge in [-0.25, -0.2) is 0 Å². The minimum atomic E-state index is -0.167. The molecule has 2 aromatic carbocycles. The van der Waals surface area contributed by atoms with Gasteiger partial charge in [0.2, 0.25) is 5.91 Å². The van der Waals surface area contributed by atoms with Crippen LogP contribution in [0.2, 0.25) is 5.02 Å². The summed E-state index contributed by atoms with van der Waals surface area (Å²) in [4.78, 5) is 15.1. The lowest BCUT2D eigenvalue weighted by Gasteiger charge is -2.10. The summed E-state index contributed by atoms with van der Waals surface area (Å²) < 4.78 is 0. The standard InChI is InChI=1S/C16H15ClN2O/c1-9(16(20)18-2)10-3-5-12-13-8-11(17)4-6-14(13)19-15(12)7-10/h3-9,19H,1-2H3,(H,18,20)/t9-/m1/s1. The van der Waals surface area contributed by atoms with E-state index in [4.69, 9.17) is 11.6 Å². The van der Waals surface area contributed by atoms with Crippen LogP contribution in [0.5, 0.6) is 0 Å². The number of carbonyl (C=O) groups is 1. The lowest BCUT2D eigenvalue weighted by molar-refractivity contribution is -0.121. The average molecular weight is 287 g/mol. The van der Waals surface area contributed by atoms with Gasteiger partial charge in [-0.15, -0.1) is 0 Å². The van der Waals surface area contributed by atoms with Gasteiger partial charge in [-0.2, -0.15) is 0 Å². The van der Waals surface area contributed by atoms with Gasteiger partial charge in [0.05, 0.1) is 5.92 Å². The van der Waals surface area contributed by atoms with E-state index >= 15 is 0 Å². The summed E-state index contributed by atoms with van der Waals surface area (Å²) in [6, 6.07) is 11.9. The highest BCUT2D eigenvalue weighted by atomic mass is 35.5. The van der Waals surface area contributed by atoms with E-state index < -0.39 is 0 Å². The van der Waals surface area contributed by atoms with Gasteiger partial charge in [0, 0.05) is 33.9 Å². The van der Waals surface area contributed by atoms with Crippen LogP contribution < -0.4 is 5.32 Å². The number of rotatable bonds is 2. The number of fused-ring (bicyclic) bond motifs is 3. The monoisotopic (exact) mass is 286 g/mol. The van der Waals surface area contributed by atoms with Crippen molar-refractivity contribution in [2.75, 3.05) is 7.05 Å². The minimum Gasteiger partial charge on any atom is -0.359 e. The number of aromatic amines is 1. The summed E-state index contributed by atoms with van der Waals surface area (Å²) in [5.41, 5.74) is 3.07. The van der Waals surface area contributed by atoms with Crippen molar-refractivity contribution in [3.05, 3.63) is 47.0 Å². The van der Waals surface area contributed by atoms with Gasteiger partial charge >= 0.3 is 0 Å². The number of hydrogen-bond acceptors (Lipinski definition) is 1. The summed E-state index contributed by atoms with van der Waals surface area (Å²) in [6.45, 7) is 1.90. The van der Waals surface area contributed by atoms with Gasteiger partial charge in [-0.1, -0.05) is 23.7 Å². The number of aromatic nitrogens is 1. The summed E-state index contributed by atoms with van der Waals surface area (Å²) in [7, 11) is 1.66.